The zero-order valence-electron chi connectivity index (χ0n) is 7.20. The zero-order chi connectivity index (χ0) is 9.26. The fourth-order valence-corrected chi connectivity index (χ4v) is 3.05. The summed E-state index contributed by atoms with van der Waals surface area (Å²) in [7, 11) is 0. The maximum Gasteiger partial charge on any atom is 0.0776 e. The van der Waals surface area contributed by atoms with Gasteiger partial charge in [-0.2, -0.15) is 0 Å². The van der Waals surface area contributed by atoms with Gasteiger partial charge in [0.05, 0.1) is 15.9 Å². The molecule has 1 aliphatic rings. The van der Waals surface area contributed by atoms with Crippen LogP contribution in [0.2, 0.25) is 0 Å². The summed E-state index contributed by atoms with van der Waals surface area (Å²) in [6.45, 7) is 0.866. The largest absolute Gasteiger partial charge is 0.376 e. The molecule has 0 amide bonds. The Balaban J connectivity index is 2.07. The molecule has 2 rings (SSSR count). The second-order valence-electron chi connectivity index (χ2n) is 3.22. The van der Waals surface area contributed by atoms with E-state index in [9.17, 15) is 0 Å². The molecule has 0 radical (unpaired) electrons. The molecule has 1 saturated heterocycles. The second kappa shape index (κ2) is 4.09. The van der Waals surface area contributed by atoms with Gasteiger partial charge in [-0.05, 0) is 40.9 Å². The van der Waals surface area contributed by atoms with Gasteiger partial charge in [0.25, 0.3) is 0 Å². The van der Waals surface area contributed by atoms with E-state index in [0.29, 0.717) is 0 Å². The minimum atomic E-state index is 0.0544. The van der Waals surface area contributed by atoms with Gasteiger partial charge in [-0.3, -0.25) is 0 Å². The quantitative estimate of drug-likeness (QED) is 0.889. The molecule has 0 aromatic carbocycles. The van der Waals surface area contributed by atoms with E-state index < -0.39 is 0 Å². The number of hydrogen-bond donors (Lipinski definition) is 1. The molecule has 2 nitrogen and oxygen atoms in total. The number of nitrogens with two attached hydrogens (primary N) is 1. The number of halogens is 1. The van der Waals surface area contributed by atoms with E-state index in [1.807, 2.05) is 6.07 Å². The number of rotatable bonds is 2. The Morgan fingerprint density at radius 2 is 2.46 bits per heavy atom. The molecule has 0 aliphatic carbocycles. The van der Waals surface area contributed by atoms with Gasteiger partial charge in [-0.25, -0.2) is 0 Å². The van der Waals surface area contributed by atoms with Crippen molar-refractivity contribution in [2.75, 3.05) is 6.61 Å². The molecular weight excluding hydrogens is 250 g/mol. The highest BCUT2D eigenvalue weighted by atomic mass is 79.9. The van der Waals surface area contributed by atoms with Crippen molar-refractivity contribution in [3.8, 4) is 0 Å². The summed E-state index contributed by atoms with van der Waals surface area (Å²) in [4.78, 5) is 1.21. The molecule has 2 atom stereocenters. The molecule has 0 saturated carbocycles. The first kappa shape index (κ1) is 9.65. The second-order valence-corrected chi connectivity index (χ2v) is 5.71. The van der Waals surface area contributed by atoms with Gasteiger partial charge in [0.1, 0.15) is 0 Å². The number of ether oxygens (including phenoxy) is 1. The van der Waals surface area contributed by atoms with Crippen LogP contribution in [0.15, 0.2) is 15.9 Å². The summed E-state index contributed by atoms with van der Waals surface area (Å²) in [6.07, 6.45) is 2.47. The van der Waals surface area contributed by atoms with Crippen LogP contribution in [0.1, 0.15) is 23.8 Å². The van der Waals surface area contributed by atoms with E-state index in [1.165, 1.54) is 4.88 Å². The standard InChI is InChI=1S/C9H12BrNOS/c10-8-4-3-7(13-8)9(11)6-2-1-5-12-6/h3-4,6,9H,1-2,5,11H2. The van der Waals surface area contributed by atoms with Gasteiger partial charge >= 0.3 is 0 Å². The monoisotopic (exact) mass is 261 g/mol. The fourth-order valence-electron chi connectivity index (χ4n) is 1.58. The molecule has 0 bridgehead atoms. The minimum absolute atomic E-state index is 0.0544. The lowest BCUT2D eigenvalue weighted by Gasteiger charge is -2.16. The third kappa shape index (κ3) is 2.13. The van der Waals surface area contributed by atoms with Crippen molar-refractivity contribution in [1.29, 1.82) is 0 Å². The molecule has 1 aromatic heterocycles. The number of hydrogen-bond acceptors (Lipinski definition) is 3. The minimum Gasteiger partial charge on any atom is -0.376 e. The van der Waals surface area contributed by atoms with Gasteiger partial charge in [0.2, 0.25) is 0 Å². The first-order chi connectivity index (χ1) is 6.27. The normalized spacial score (nSPS) is 24.9. The SMILES string of the molecule is NC(c1ccc(Br)s1)C1CCCO1. The zero-order valence-corrected chi connectivity index (χ0v) is 9.61. The average molecular weight is 262 g/mol. The Morgan fingerprint density at radius 3 is 3.00 bits per heavy atom. The van der Waals surface area contributed by atoms with Gasteiger partial charge < -0.3 is 10.5 Å². The Labute approximate surface area is 90.2 Å². The topological polar surface area (TPSA) is 35.2 Å². The van der Waals surface area contributed by atoms with Crippen LogP contribution >= 0.6 is 27.3 Å². The fraction of sp³-hybridized carbons (Fsp3) is 0.556. The predicted octanol–water partition coefficient (Wildman–Crippen LogP) is 2.69. The van der Waals surface area contributed by atoms with Crippen LogP contribution in [0.25, 0.3) is 0 Å². The van der Waals surface area contributed by atoms with E-state index in [1.54, 1.807) is 11.3 Å². The van der Waals surface area contributed by atoms with E-state index in [2.05, 4.69) is 22.0 Å². The van der Waals surface area contributed by atoms with Crippen LogP contribution < -0.4 is 5.73 Å². The Hall–Kier alpha value is 0.1000. The molecule has 2 heterocycles. The van der Waals surface area contributed by atoms with Crippen LogP contribution in [0.3, 0.4) is 0 Å². The van der Waals surface area contributed by atoms with Crippen molar-refractivity contribution in [2.24, 2.45) is 5.73 Å². The van der Waals surface area contributed by atoms with Crippen molar-refractivity contribution in [2.45, 2.75) is 25.0 Å². The molecule has 0 spiro atoms. The Bertz CT molecular complexity index is 283. The highest BCUT2D eigenvalue weighted by Crippen LogP contribution is 2.31. The van der Waals surface area contributed by atoms with Crippen LogP contribution in [0.4, 0.5) is 0 Å². The van der Waals surface area contributed by atoms with E-state index in [4.69, 9.17) is 10.5 Å². The lowest BCUT2D eigenvalue weighted by molar-refractivity contribution is 0.0909. The summed E-state index contributed by atoms with van der Waals surface area (Å²) in [5, 5.41) is 0. The third-order valence-electron chi connectivity index (χ3n) is 2.29. The Kier molecular flexibility index (Phi) is 3.03. The molecule has 1 fully saturated rings. The van der Waals surface area contributed by atoms with Crippen molar-refractivity contribution in [1.82, 2.24) is 0 Å². The molecule has 1 aliphatic heterocycles. The van der Waals surface area contributed by atoms with Gasteiger partial charge in [-0.15, -0.1) is 11.3 Å². The Morgan fingerprint density at radius 1 is 1.62 bits per heavy atom. The lowest BCUT2D eigenvalue weighted by atomic mass is 10.1. The maximum atomic E-state index is 6.08. The molecule has 4 heteroatoms. The van der Waals surface area contributed by atoms with Gasteiger partial charge in [0, 0.05) is 11.5 Å². The van der Waals surface area contributed by atoms with Gasteiger partial charge in [0.15, 0.2) is 0 Å². The number of thiophene rings is 1. The highest BCUT2D eigenvalue weighted by molar-refractivity contribution is 9.11. The summed E-state index contributed by atoms with van der Waals surface area (Å²) in [5.74, 6) is 0. The van der Waals surface area contributed by atoms with E-state index >= 15 is 0 Å². The average Bonchev–Trinajstić information content (AvgIpc) is 2.72. The molecule has 1 aromatic rings. The van der Waals surface area contributed by atoms with Gasteiger partial charge in [-0.1, -0.05) is 0 Å². The maximum absolute atomic E-state index is 6.08. The lowest BCUT2D eigenvalue weighted by Crippen LogP contribution is -2.24. The molecule has 2 unspecified atom stereocenters. The van der Waals surface area contributed by atoms with Crippen molar-refractivity contribution in [3.05, 3.63) is 20.8 Å². The van der Waals surface area contributed by atoms with Crippen LogP contribution in [-0.4, -0.2) is 12.7 Å². The summed E-state index contributed by atoms with van der Waals surface area (Å²) in [5.41, 5.74) is 6.08. The third-order valence-corrected chi connectivity index (χ3v) is 4.01. The van der Waals surface area contributed by atoms with Crippen LogP contribution in [-0.2, 0) is 4.74 Å². The summed E-state index contributed by atoms with van der Waals surface area (Å²) < 4.78 is 6.68. The van der Waals surface area contributed by atoms with Crippen molar-refractivity contribution >= 4 is 27.3 Å². The van der Waals surface area contributed by atoms with Crippen LogP contribution in [0.5, 0.6) is 0 Å². The predicted molar refractivity (Wildman–Crippen MR) is 57.9 cm³/mol. The van der Waals surface area contributed by atoms with Crippen molar-refractivity contribution in [3.63, 3.8) is 0 Å². The molecule has 13 heavy (non-hydrogen) atoms. The summed E-state index contributed by atoms with van der Waals surface area (Å²) >= 11 is 5.13. The highest BCUT2D eigenvalue weighted by Gasteiger charge is 2.24. The molecular formula is C9H12BrNOS. The molecule has 72 valence electrons. The van der Waals surface area contributed by atoms with E-state index in [0.717, 1.165) is 23.2 Å². The smallest absolute Gasteiger partial charge is 0.0776 e. The molecule has 2 N–H and O–H groups in total. The summed E-state index contributed by atoms with van der Waals surface area (Å²) in [6, 6.07) is 4.16. The van der Waals surface area contributed by atoms with E-state index in [-0.39, 0.29) is 12.1 Å². The van der Waals surface area contributed by atoms with Crippen LogP contribution in [0, 0.1) is 0 Å². The first-order valence-electron chi connectivity index (χ1n) is 4.40. The van der Waals surface area contributed by atoms with Crippen molar-refractivity contribution < 1.29 is 4.74 Å². The first-order valence-corrected chi connectivity index (χ1v) is 6.01.